The first-order valence-electron chi connectivity index (χ1n) is 9.70. The van der Waals surface area contributed by atoms with Crippen molar-refractivity contribution in [3.05, 3.63) is 17.0 Å². The molecule has 0 radical (unpaired) electrons. The SMILES string of the molecule is CCc1nn(C)c(CC)c1CNC(=NC)N1CCC(COCCOC)C1. The first-order chi connectivity index (χ1) is 12.6. The summed E-state index contributed by atoms with van der Waals surface area (Å²) in [6.45, 7) is 9.24. The van der Waals surface area contributed by atoms with E-state index in [-0.39, 0.29) is 0 Å². The summed E-state index contributed by atoms with van der Waals surface area (Å²) in [5.74, 6) is 1.53. The fourth-order valence-electron chi connectivity index (χ4n) is 3.65. The zero-order chi connectivity index (χ0) is 18.9. The van der Waals surface area contributed by atoms with Crippen LogP contribution in [0.1, 0.15) is 37.2 Å². The van der Waals surface area contributed by atoms with Crippen LogP contribution in [-0.2, 0) is 35.9 Å². The third-order valence-corrected chi connectivity index (χ3v) is 5.03. The lowest BCUT2D eigenvalue weighted by Crippen LogP contribution is -2.40. The highest BCUT2D eigenvalue weighted by atomic mass is 16.5. The number of aromatic nitrogens is 2. The molecule has 7 heteroatoms. The standard InChI is InChI=1S/C19H35N5O2/c1-6-17-16(18(7-2)23(4)22-17)12-21-19(20-3)24-9-8-15(13-24)14-26-11-10-25-5/h15H,6-14H2,1-5H3,(H,20,21). The van der Waals surface area contributed by atoms with E-state index in [4.69, 9.17) is 9.47 Å². The number of nitrogens with one attached hydrogen (secondary N) is 1. The van der Waals surface area contributed by atoms with E-state index in [1.54, 1.807) is 7.11 Å². The van der Waals surface area contributed by atoms with Crippen LogP contribution >= 0.6 is 0 Å². The molecule has 148 valence electrons. The predicted molar refractivity (Wildman–Crippen MR) is 105 cm³/mol. The smallest absolute Gasteiger partial charge is 0.193 e. The number of guanidine groups is 1. The molecule has 0 saturated carbocycles. The summed E-state index contributed by atoms with van der Waals surface area (Å²) < 4.78 is 12.7. The van der Waals surface area contributed by atoms with Crippen molar-refractivity contribution in [2.75, 3.05) is 47.1 Å². The molecule has 2 rings (SSSR count). The van der Waals surface area contributed by atoms with Crippen LogP contribution in [0, 0.1) is 5.92 Å². The lowest BCUT2D eigenvalue weighted by atomic mass is 10.1. The quantitative estimate of drug-likeness (QED) is 0.409. The van der Waals surface area contributed by atoms with Crippen molar-refractivity contribution in [3.8, 4) is 0 Å². The molecule has 0 spiro atoms. The van der Waals surface area contributed by atoms with E-state index >= 15 is 0 Å². The average molecular weight is 366 g/mol. The molecule has 0 bridgehead atoms. The number of nitrogens with zero attached hydrogens (tertiary/aromatic N) is 4. The van der Waals surface area contributed by atoms with E-state index in [1.165, 1.54) is 17.0 Å². The molecule has 1 saturated heterocycles. The average Bonchev–Trinajstić information content (AvgIpc) is 3.23. The summed E-state index contributed by atoms with van der Waals surface area (Å²) in [4.78, 5) is 6.82. The van der Waals surface area contributed by atoms with Crippen LogP contribution in [-0.4, -0.2) is 67.7 Å². The Hall–Kier alpha value is -1.60. The predicted octanol–water partition coefficient (Wildman–Crippen LogP) is 1.61. The fraction of sp³-hybridized carbons (Fsp3) is 0.789. The van der Waals surface area contributed by atoms with Crippen molar-refractivity contribution in [1.82, 2.24) is 20.0 Å². The van der Waals surface area contributed by atoms with Gasteiger partial charge in [0, 0.05) is 58.0 Å². The summed E-state index contributed by atoms with van der Waals surface area (Å²) >= 11 is 0. The van der Waals surface area contributed by atoms with Crippen molar-refractivity contribution in [1.29, 1.82) is 0 Å². The minimum atomic E-state index is 0.557. The molecule has 1 atom stereocenters. The van der Waals surface area contributed by atoms with Gasteiger partial charge in [-0.2, -0.15) is 5.10 Å². The van der Waals surface area contributed by atoms with Crippen molar-refractivity contribution in [2.45, 2.75) is 39.7 Å². The van der Waals surface area contributed by atoms with Crippen LogP contribution in [0.4, 0.5) is 0 Å². The number of hydrogen-bond donors (Lipinski definition) is 1. The Bertz CT molecular complexity index is 585. The van der Waals surface area contributed by atoms with E-state index in [1.807, 2.05) is 18.8 Å². The van der Waals surface area contributed by atoms with Gasteiger partial charge in [-0.15, -0.1) is 0 Å². The number of ether oxygens (including phenoxy) is 2. The molecule has 2 heterocycles. The van der Waals surface area contributed by atoms with Gasteiger partial charge in [0.25, 0.3) is 0 Å². The molecule has 1 aromatic heterocycles. The van der Waals surface area contributed by atoms with Gasteiger partial charge in [-0.1, -0.05) is 13.8 Å². The zero-order valence-electron chi connectivity index (χ0n) is 17.0. The van der Waals surface area contributed by atoms with Gasteiger partial charge in [-0.3, -0.25) is 9.67 Å². The number of likely N-dealkylation sites (tertiary alicyclic amines) is 1. The Morgan fingerprint density at radius 1 is 1.31 bits per heavy atom. The maximum Gasteiger partial charge on any atom is 0.193 e. The Balaban J connectivity index is 1.89. The van der Waals surface area contributed by atoms with Crippen LogP contribution in [0.5, 0.6) is 0 Å². The number of aliphatic imine (C=N–C) groups is 1. The number of rotatable bonds is 9. The molecule has 26 heavy (non-hydrogen) atoms. The van der Waals surface area contributed by atoms with Crippen LogP contribution in [0.25, 0.3) is 0 Å². The van der Waals surface area contributed by atoms with E-state index < -0.39 is 0 Å². The Labute approximate surface area is 157 Å². The second-order valence-corrected chi connectivity index (χ2v) is 6.77. The Morgan fingerprint density at radius 2 is 2.12 bits per heavy atom. The molecule has 1 N–H and O–H groups in total. The van der Waals surface area contributed by atoms with Gasteiger partial charge in [0.1, 0.15) is 0 Å². The van der Waals surface area contributed by atoms with Gasteiger partial charge in [0.2, 0.25) is 0 Å². The topological polar surface area (TPSA) is 63.9 Å². The lowest BCUT2D eigenvalue weighted by molar-refractivity contribution is 0.0536. The van der Waals surface area contributed by atoms with Crippen LogP contribution in [0.3, 0.4) is 0 Å². The largest absolute Gasteiger partial charge is 0.382 e. The fourth-order valence-corrected chi connectivity index (χ4v) is 3.65. The van der Waals surface area contributed by atoms with E-state index in [9.17, 15) is 0 Å². The first-order valence-corrected chi connectivity index (χ1v) is 9.70. The Kier molecular flexibility index (Phi) is 8.38. The molecule has 0 aliphatic carbocycles. The molecule has 0 aromatic carbocycles. The van der Waals surface area contributed by atoms with Crippen LogP contribution < -0.4 is 5.32 Å². The van der Waals surface area contributed by atoms with Gasteiger partial charge in [-0.25, -0.2) is 0 Å². The normalized spacial score (nSPS) is 18.0. The molecule has 7 nitrogen and oxygen atoms in total. The second-order valence-electron chi connectivity index (χ2n) is 6.77. The lowest BCUT2D eigenvalue weighted by Gasteiger charge is -2.22. The summed E-state index contributed by atoms with van der Waals surface area (Å²) in [6.07, 6.45) is 3.08. The number of aryl methyl sites for hydroxylation is 2. The van der Waals surface area contributed by atoms with Crippen molar-refractivity contribution < 1.29 is 9.47 Å². The molecule has 1 unspecified atom stereocenters. The number of hydrogen-bond acceptors (Lipinski definition) is 4. The zero-order valence-corrected chi connectivity index (χ0v) is 17.0. The summed E-state index contributed by atoms with van der Waals surface area (Å²) in [7, 11) is 5.59. The maximum absolute atomic E-state index is 5.69. The summed E-state index contributed by atoms with van der Waals surface area (Å²) in [6, 6.07) is 0. The van der Waals surface area contributed by atoms with Crippen LogP contribution in [0.15, 0.2) is 4.99 Å². The second kappa shape index (κ2) is 10.5. The number of methoxy groups -OCH3 is 1. The van der Waals surface area contributed by atoms with Gasteiger partial charge >= 0.3 is 0 Å². The maximum atomic E-state index is 5.69. The highest BCUT2D eigenvalue weighted by Gasteiger charge is 2.25. The molecule has 1 aliphatic rings. The van der Waals surface area contributed by atoms with Crippen LogP contribution in [0.2, 0.25) is 0 Å². The molecule has 1 aromatic rings. The monoisotopic (exact) mass is 365 g/mol. The molecular weight excluding hydrogens is 330 g/mol. The van der Waals surface area contributed by atoms with Crippen molar-refractivity contribution >= 4 is 5.96 Å². The summed E-state index contributed by atoms with van der Waals surface area (Å²) in [5, 5.41) is 8.21. The van der Waals surface area contributed by atoms with Crippen molar-refractivity contribution in [2.24, 2.45) is 18.0 Å². The molecule has 1 fully saturated rings. The van der Waals surface area contributed by atoms with Gasteiger partial charge in [0.05, 0.1) is 25.5 Å². The minimum absolute atomic E-state index is 0.557. The minimum Gasteiger partial charge on any atom is -0.382 e. The highest BCUT2D eigenvalue weighted by molar-refractivity contribution is 5.80. The third-order valence-electron chi connectivity index (χ3n) is 5.03. The van der Waals surface area contributed by atoms with E-state index in [2.05, 4.69) is 34.2 Å². The Morgan fingerprint density at radius 3 is 2.77 bits per heavy atom. The van der Waals surface area contributed by atoms with Gasteiger partial charge in [0.15, 0.2) is 5.96 Å². The molecule has 1 aliphatic heterocycles. The highest BCUT2D eigenvalue weighted by Crippen LogP contribution is 2.18. The van der Waals surface area contributed by atoms with Crippen molar-refractivity contribution in [3.63, 3.8) is 0 Å². The summed E-state index contributed by atoms with van der Waals surface area (Å²) in [5.41, 5.74) is 3.80. The molecular formula is C19H35N5O2. The molecule has 0 amide bonds. The van der Waals surface area contributed by atoms with E-state index in [0.717, 1.165) is 51.5 Å². The van der Waals surface area contributed by atoms with Gasteiger partial charge in [-0.05, 0) is 19.3 Å². The van der Waals surface area contributed by atoms with Gasteiger partial charge < -0.3 is 19.7 Å². The first kappa shape index (κ1) is 20.7. The van der Waals surface area contributed by atoms with E-state index in [0.29, 0.717) is 19.1 Å². The third kappa shape index (κ3) is 5.20.